The van der Waals surface area contributed by atoms with Crippen LogP contribution >= 0.6 is 11.6 Å². The summed E-state index contributed by atoms with van der Waals surface area (Å²) in [5.74, 6) is 0.154. The Morgan fingerprint density at radius 2 is 2.04 bits per heavy atom. The zero-order valence-electron chi connectivity index (χ0n) is 13.3. The molecule has 1 atom stereocenters. The van der Waals surface area contributed by atoms with Crippen molar-refractivity contribution in [1.29, 1.82) is 0 Å². The fourth-order valence-corrected chi connectivity index (χ4v) is 2.90. The molecule has 2 rings (SSSR count). The molecule has 0 spiro atoms. The minimum absolute atomic E-state index is 0.00578. The van der Waals surface area contributed by atoms with Crippen LogP contribution in [0.5, 0.6) is 0 Å². The summed E-state index contributed by atoms with van der Waals surface area (Å²) < 4.78 is 53.3. The summed E-state index contributed by atoms with van der Waals surface area (Å²) in [6, 6.07) is 2.96. The van der Waals surface area contributed by atoms with Gasteiger partial charge in [0, 0.05) is 31.7 Å². The second-order valence-electron chi connectivity index (χ2n) is 6.28. The van der Waals surface area contributed by atoms with E-state index in [1.165, 1.54) is 6.07 Å². The first-order valence-corrected chi connectivity index (χ1v) is 7.77. The number of alkyl halides is 4. The van der Waals surface area contributed by atoms with E-state index in [9.17, 15) is 22.4 Å². The molecule has 0 aliphatic carbocycles. The van der Waals surface area contributed by atoms with Crippen LogP contribution < -0.4 is 5.32 Å². The first kappa shape index (κ1) is 19.0. The maximum atomic E-state index is 14.8. The molecule has 1 radical (unpaired) electrons. The number of halogens is 5. The molecule has 1 aromatic carbocycles. The Morgan fingerprint density at radius 3 is 2.62 bits per heavy atom. The first-order chi connectivity index (χ1) is 11.0. The Balaban J connectivity index is 2.10. The van der Waals surface area contributed by atoms with Gasteiger partial charge in [-0.05, 0) is 24.1 Å². The monoisotopic (exact) mass is 365 g/mol. The van der Waals surface area contributed by atoms with Crippen LogP contribution in [0.3, 0.4) is 0 Å². The number of carbonyl (C=O) groups excluding carboxylic acids is 1. The van der Waals surface area contributed by atoms with Crippen molar-refractivity contribution >= 4 is 23.2 Å². The number of benzene rings is 1. The zero-order valence-corrected chi connectivity index (χ0v) is 14.1. The van der Waals surface area contributed by atoms with Crippen molar-refractivity contribution in [3.8, 4) is 0 Å². The van der Waals surface area contributed by atoms with E-state index in [-0.39, 0.29) is 18.7 Å². The van der Waals surface area contributed by atoms with Crippen molar-refractivity contribution in [2.24, 2.45) is 0 Å². The van der Waals surface area contributed by atoms with Crippen LogP contribution in [-0.2, 0) is 11.0 Å². The van der Waals surface area contributed by atoms with Gasteiger partial charge in [-0.25, -0.2) is 4.39 Å². The van der Waals surface area contributed by atoms with E-state index in [2.05, 4.69) is 5.32 Å². The van der Waals surface area contributed by atoms with Crippen molar-refractivity contribution in [3.63, 3.8) is 0 Å². The van der Waals surface area contributed by atoms with Gasteiger partial charge < -0.3 is 5.32 Å². The largest absolute Gasteiger partial charge is 0.417 e. The highest BCUT2D eigenvalue weighted by atomic mass is 35.5. The molecule has 1 aliphatic heterocycles. The smallest absolute Gasteiger partial charge is 0.323 e. The van der Waals surface area contributed by atoms with Gasteiger partial charge >= 0.3 is 6.18 Å². The number of nitrogens with zero attached hydrogens (tertiary/aromatic N) is 1. The third-order valence-corrected chi connectivity index (χ3v) is 4.10. The van der Waals surface area contributed by atoms with Crippen molar-refractivity contribution in [3.05, 3.63) is 34.7 Å². The van der Waals surface area contributed by atoms with E-state index in [0.717, 1.165) is 12.0 Å². The Morgan fingerprint density at radius 1 is 1.38 bits per heavy atom. The van der Waals surface area contributed by atoms with Crippen molar-refractivity contribution < 1.29 is 22.4 Å². The lowest BCUT2D eigenvalue weighted by Gasteiger charge is -2.21. The summed E-state index contributed by atoms with van der Waals surface area (Å²) in [5.41, 5.74) is -3.32. The molecular weight excluding hydrogens is 348 g/mol. The van der Waals surface area contributed by atoms with Crippen molar-refractivity contribution in [1.82, 2.24) is 4.90 Å². The van der Waals surface area contributed by atoms with Crippen LogP contribution in [0.15, 0.2) is 18.2 Å². The van der Waals surface area contributed by atoms with E-state index in [4.69, 9.17) is 11.6 Å². The van der Waals surface area contributed by atoms with Crippen LogP contribution in [0.25, 0.3) is 0 Å². The molecule has 3 nitrogen and oxygen atoms in total. The van der Waals surface area contributed by atoms with Gasteiger partial charge in [0.25, 0.3) is 5.91 Å². The molecule has 133 valence electrons. The molecule has 1 fully saturated rings. The minimum Gasteiger partial charge on any atom is -0.323 e. The molecule has 0 saturated carbocycles. The molecule has 1 aromatic rings. The van der Waals surface area contributed by atoms with Crippen molar-refractivity contribution in [2.45, 2.75) is 32.1 Å². The summed E-state index contributed by atoms with van der Waals surface area (Å²) in [5, 5.41) is 1.76. The number of nitrogens with one attached hydrogen (secondary N) is 1. The summed E-state index contributed by atoms with van der Waals surface area (Å²) >= 11 is 5.52. The molecule has 0 aromatic heterocycles. The SMILES string of the molecule is C[C](C)CN1CCC(F)(C(=O)Nc2ccc(Cl)c(C(F)(F)F)c2)C1. The number of likely N-dealkylation sites (tertiary alicyclic amines) is 1. The van der Waals surface area contributed by atoms with Crippen LogP contribution in [0.1, 0.15) is 25.8 Å². The number of hydrogen-bond donors (Lipinski definition) is 1. The average molecular weight is 366 g/mol. The van der Waals surface area contributed by atoms with Crippen LogP contribution in [0, 0.1) is 5.92 Å². The molecule has 8 heteroatoms. The van der Waals surface area contributed by atoms with Gasteiger partial charge in [0.1, 0.15) is 0 Å². The number of carbonyl (C=O) groups is 1. The summed E-state index contributed by atoms with van der Waals surface area (Å²) in [6.07, 6.45) is -4.64. The molecule has 24 heavy (non-hydrogen) atoms. The standard InChI is InChI=1S/C16H18ClF4N2O/c1-10(2)8-23-6-5-15(18,9-23)14(24)22-11-3-4-13(17)12(7-11)16(19,20)21/h3-4,7H,5-6,8-9H2,1-2H3,(H,22,24). The van der Waals surface area contributed by atoms with Gasteiger partial charge in [0.2, 0.25) is 5.67 Å². The Bertz CT molecular complexity index is 621. The lowest BCUT2D eigenvalue weighted by molar-refractivity contribution is -0.137. The van der Waals surface area contributed by atoms with Gasteiger partial charge in [-0.15, -0.1) is 0 Å². The topological polar surface area (TPSA) is 32.3 Å². The van der Waals surface area contributed by atoms with Gasteiger partial charge in [-0.3, -0.25) is 9.69 Å². The van der Waals surface area contributed by atoms with Crippen LogP contribution in [0.4, 0.5) is 23.2 Å². The molecule has 1 aliphatic rings. The van der Waals surface area contributed by atoms with Gasteiger partial charge in [0.15, 0.2) is 0 Å². The maximum Gasteiger partial charge on any atom is 0.417 e. The second kappa shape index (κ2) is 6.88. The number of anilines is 1. The summed E-state index contributed by atoms with van der Waals surface area (Å²) in [7, 11) is 0. The second-order valence-corrected chi connectivity index (χ2v) is 6.69. The van der Waals surface area contributed by atoms with E-state index >= 15 is 0 Å². The first-order valence-electron chi connectivity index (χ1n) is 7.40. The molecule has 1 heterocycles. The highest BCUT2D eigenvalue weighted by molar-refractivity contribution is 6.31. The zero-order chi connectivity index (χ0) is 18.1. The lowest BCUT2D eigenvalue weighted by atomic mass is 10.0. The number of amides is 1. The highest BCUT2D eigenvalue weighted by Gasteiger charge is 2.45. The van der Waals surface area contributed by atoms with Gasteiger partial charge in [0.05, 0.1) is 10.6 Å². The number of hydrogen-bond acceptors (Lipinski definition) is 2. The van der Waals surface area contributed by atoms with E-state index < -0.39 is 28.3 Å². The Kier molecular flexibility index (Phi) is 5.44. The lowest BCUT2D eigenvalue weighted by Crippen LogP contribution is -2.41. The fraction of sp³-hybridized carbons (Fsp3) is 0.500. The van der Waals surface area contributed by atoms with Gasteiger partial charge in [-0.1, -0.05) is 25.4 Å². The predicted molar refractivity (Wildman–Crippen MR) is 84.6 cm³/mol. The average Bonchev–Trinajstić information content (AvgIpc) is 2.81. The molecular formula is C16H18ClF4N2O. The molecule has 1 unspecified atom stereocenters. The van der Waals surface area contributed by atoms with Crippen LogP contribution in [-0.4, -0.2) is 36.1 Å². The minimum atomic E-state index is -4.65. The quantitative estimate of drug-likeness (QED) is 0.806. The maximum absolute atomic E-state index is 14.8. The number of rotatable bonds is 4. The highest BCUT2D eigenvalue weighted by Crippen LogP contribution is 2.36. The molecule has 1 saturated heterocycles. The van der Waals surface area contributed by atoms with E-state index in [1.54, 1.807) is 4.90 Å². The molecule has 0 bridgehead atoms. The molecule has 1 amide bonds. The Labute approximate surface area is 143 Å². The third kappa shape index (κ3) is 4.39. The molecule has 1 N–H and O–H groups in total. The van der Waals surface area contributed by atoms with E-state index in [0.29, 0.717) is 19.2 Å². The fourth-order valence-electron chi connectivity index (χ4n) is 2.68. The Hall–Kier alpha value is -1.34. The van der Waals surface area contributed by atoms with E-state index in [1.807, 2.05) is 13.8 Å². The van der Waals surface area contributed by atoms with Crippen LogP contribution in [0.2, 0.25) is 5.02 Å². The van der Waals surface area contributed by atoms with Gasteiger partial charge in [-0.2, -0.15) is 13.2 Å². The summed E-state index contributed by atoms with van der Waals surface area (Å²) in [4.78, 5) is 14.0. The van der Waals surface area contributed by atoms with Crippen molar-refractivity contribution in [2.75, 3.05) is 25.0 Å². The third-order valence-electron chi connectivity index (χ3n) is 3.77. The predicted octanol–water partition coefficient (Wildman–Crippen LogP) is 4.33. The summed E-state index contributed by atoms with van der Waals surface area (Å²) in [6.45, 7) is 4.74. The normalized spacial score (nSPS) is 22.2.